The minimum absolute atomic E-state index is 0.176. The van der Waals surface area contributed by atoms with Crippen LogP contribution in [0.5, 0.6) is 0 Å². The van der Waals surface area contributed by atoms with Crippen LogP contribution in [-0.2, 0) is 6.03 Å². The van der Waals surface area contributed by atoms with Gasteiger partial charge in [0.05, 0.1) is 0 Å². The van der Waals surface area contributed by atoms with E-state index in [4.69, 9.17) is 6.03 Å². The molecule has 3 aliphatic carbocycles. The molecule has 5 heteroatoms. The van der Waals surface area contributed by atoms with Crippen LogP contribution in [0.25, 0.3) is 12.2 Å². The Morgan fingerprint density at radius 1 is 0.537 bits per heavy atom. The molecule has 0 radical (unpaired) electrons. The Balaban J connectivity index is 1.69. The summed E-state index contributed by atoms with van der Waals surface area (Å²) in [6.45, 7) is 7.73. The molecule has 0 N–H and O–H groups in total. The van der Waals surface area contributed by atoms with Crippen LogP contribution in [0.3, 0.4) is 0 Å². The van der Waals surface area contributed by atoms with Crippen LogP contribution in [-0.4, -0.2) is 30.2 Å². The van der Waals surface area contributed by atoms with Gasteiger partial charge in [0.1, 0.15) is 0 Å². The third-order valence-corrected chi connectivity index (χ3v) is 30.1. The molecule has 2 aromatic carbocycles. The van der Waals surface area contributed by atoms with Crippen LogP contribution in [0.15, 0.2) is 61.7 Å². The number of carbonyl (C=O) groups is 2. The topological polar surface area (TPSA) is 52.6 Å². The second kappa shape index (κ2) is 13.3. The first-order chi connectivity index (χ1) is 20.0. The molecule has 3 saturated carbocycles. The van der Waals surface area contributed by atoms with E-state index in [1.54, 1.807) is 12.2 Å². The van der Waals surface area contributed by atoms with Crippen molar-refractivity contribution in [2.24, 2.45) is 0 Å². The van der Waals surface area contributed by atoms with E-state index in [-0.39, 0.29) is 23.5 Å². The Kier molecular flexibility index (Phi) is 9.80. The van der Waals surface area contributed by atoms with E-state index in [9.17, 15) is 9.59 Å². The van der Waals surface area contributed by atoms with E-state index in [1.165, 1.54) is 19.3 Å². The number of benzene rings is 2. The van der Waals surface area contributed by atoms with Crippen LogP contribution in [0, 0.1) is 0 Å². The number of hydrogen-bond donors (Lipinski definition) is 0. The summed E-state index contributed by atoms with van der Waals surface area (Å²) in [6, 6.07) is 15.1. The summed E-state index contributed by atoms with van der Waals surface area (Å²) in [4.78, 5) is 28.8. The fourth-order valence-corrected chi connectivity index (χ4v) is 30.3. The van der Waals surface area contributed by atoms with Crippen LogP contribution >= 0.6 is 0 Å². The molecule has 4 nitrogen and oxygen atoms in total. The van der Waals surface area contributed by atoms with Gasteiger partial charge in [0.25, 0.3) is 0 Å². The number of hydrogen-bond acceptors (Lipinski definition) is 4. The van der Waals surface area contributed by atoms with Crippen molar-refractivity contribution in [2.45, 2.75) is 108 Å². The molecular formula is C36H47O4Sb. The van der Waals surface area contributed by atoms with Gasteiger partial charge in [-0.2, -0.15) is 0 Å². The van der Waals surface area contributed by atoms with Gasteiger partial charge in [0.2, 0.25) is 0 Å². The van der Waals surface area contributed by atoms with Gasteiger partial charge in [-0.05, 0) is 0 Å². The van der Waals surface area contributed by atoms with E-state index < -0.39 is 18.2 Å². The molecule has 0 aliphatic heterocycles. The molecule has 0 atom stereocenters. The summed E-state index contributed by atoms with van der Waals surface area (Å²) in [5, 5.41) is 0. The summed E-state index contributed by atoms with van der Waals surface area (Å²) in [7, 11) is 0. The summed E-state index contributed by atoms with van der Waals surface area (Å²) in [5.74, 6) is -0.585. The first-order valence-electron chi connectivity index (χ1n) is 15.9. The molecule has 5 rings (SSSR count). The molecule has 2 aromatic rings. The Hall–Kier alpha value is -2.32. The van der Waals surface area contributed by atoms with Crippen molar-refractivity contribution in [1.82, 2.24) is 0 Å². The molecule has 0 aromatic heterocycles. The van der Waals surface area contributed by atoms with Crippen molar-refractivity contribution in [2.75, 3.05) is 0 Å². The predicted octanol–water partition coefficient (Wildman–Crippen LogP) is 10.4. The van der Waals surface area contributed by atoms with Crippen LogP contribution in [0.1, 0.15) is 128 Å². The Morgan fingerprint density at radius 3 is 1.10 bits per heavy atom. The summed E-state index contributed by atoms with van der Waals surface area (Å²) in [6.07, 6.45) is 19.8. The van der Waals surface area contributed by atoms with Crippen molar-refractivity contribution in [3.05, 3.63) is 83.9 Å². The van der Waals surface area contributed by atoms with Crippen LogP contribution in [0.4, 0.5) is 0 Å². The van der Waals surface area contributed by atoms with Gasteiger partial charge in [0.15, 0.2) is 0 Å². The maximum atomic E-state index is 14.4. The molecule has 0 heterocycles. The summed E-state index contributed by atoms with van der Waals surface area (Å²) < 4.78 is 15.2. The van der Waals surface area contributed by atoms with Gasteiger partial charge >= 0.3 is 250 Å². The fraction of sp³-hybridized carbons (Fsp3) is 0.500. The molecule has 3 fully saturated rings. The standard InChI is InChI=1S/2C9H8O2.3C6H11.Sb/c2*1-2-7-3-5-8(6-4-7)9(10)11;3*1-2-4-6-5-3-1;/h2*2-6H,1H2,(H,10,11);3*1H,2-6H2;/q;;;;;+2/p-2. The van der Waals surface area contributed by atoms with Crippen molar-refractivity contribution in [3.8, 4) is 0 Å². The zero-order chi connectivity index (χ0) is 28.7. The fourth-order valence-electron chi connectivity index (χ4n) is 8.10. The van der Waals surface area contributed by atoms with E-state index >= 15 is 0 Å². The molecular weight excluding hydrogens is 618 g/mol. The first-order valence-corrected chi connectivity index (χ1v) is 22.4. The van der Waals surface area contributed by atoms with Crippen molar-refractivity contribution < 1.29 is 15.6 Å². The second-order valence-corrected chi connectivity index (χ2v) is 26.3. The van der Waals surface area contributed by atoms with E-state index in [2.05, 4.69) is 13.2 Å². The summed E-state index contributed by atoms with van der Waals surface area (Å²) in [5.41, 5.74) is 3.02. The zero-order valence-corrected chi connectivity index (χ0v) is 27.2. The third-order valence-electron chi connectivity index (χ3n) is 10.2. The molecule has 0 amide bonds. The van der Waals surface area contributed by atoms with Crippen LogP contribution < -0.4 is 0 Å². The van der Waals surface area contributed by atoms with Gasteiger partial charge in [-0.15, -0.1) is 0 Å². The maximum absolute atomic E-state index is 14.4. The first kappa shape index (κ1) is 30.1. The SMILES string of the molecule is C=Cc1ccc(C(=O)[O][Sb]([O]C(=O)c2ccc(C=C)cc2)([CH]2CCCCC2)([CH]2CCCCC2)[CH]2CCCCC2)cc1. The molecule has 0 bridgehead atoms. The third kappa shape index (κ3) is 5.96. The Labute approximate surface area is 248 Å². The van der Waals surface area contributed by atoms with Gasteiger partial charge in [-0.3, -0.25) is 0 Å². The van der Waals surface area contributed by atoms with Crippen molar-refractivity contribution >= 4 is 42.3 Å². The Morgan fingerprint density at radius 2 is 0.829 bits per heavy atom. The summed E-state index contributed by atoms with van der Waals surface area (Å²) >= 11 is -5.16. The molecule has 0 saturated heterocycles. The molecule has 0 unspecified atom stereocenters. The van der Waals surface area contributed by atoms with Gasteiger partial charge < -0.3 is 0 Å². The minimum atomic E-state index is -5.16. The van der Waals surface area contributed by atoms with E-state index in [0.29, 0.717) is 11.1 Å². The number of rotatable bonds is 9. The number of carbonyl (C=O) groups excluding carboxylic acids is 2. The van der Waals surface area contributed by atoms with Crippen molar-refractivity contribution in [1.29, 1.82) is 0 Å². The second-order valence-electron chi connectivity index (χ2n) is 12.4. The van der Waals surface area contributed by atoms with Gasteiger partial charge in [0, 0.05) is 0 Å². The molecule has 0 spiro atoms. The molecule has 41 heavy (non-hydrogen) atoms. The van der Waals surface area contributed by atoms with Crippen molar-refractivity contribution in [3.63, 3.8) is 0 Å². The van der Waals surface area contributed by atoms with Gasteiger partial charge in [-0.1, -0.05) is 0 Å². The molecule has 220 valence electrons. The van der Waals surface area contributed by atoms with Crippen LogP contribution in [0.2, 0.25) is 11.6 Å². The normalized spacial score (nSPS) is 20.3. The average Bonchev–Trinajstić information content (AvgIpc) is 3.05. The zero-order valence-electron chi connectivity index (χ0n) is 24.6. The average molecular weight is 666 g/mol. The quantitative estimate of drug-likeness (QED) is 0.250. The predicted molar refractivity (Wildman–Crippen MR) is 170 cm³/mol. The van der Waals surface area contributed by atoms with E-state index in [1.807, 2.05) is 48.5 Å². The molecule has 3 aliphatic rings. The van der Waals surface area contributed by atoms with Gasteiger partial charge in [-0.25, -0.2) is 0 Å². The Bertz CT molecular complexity index is 1100. The monoisotopic (exact) mass is 664 g/mol. The van der Waals surface area contributed by atoms with E-state index in [0.717, 1.165) is 88.2 Å².